The molecule has 1 saturated heterocycles. The first-order chi connectivity index (χ1) is 12.7. The molecule has 2 heterocycles. The van der Waals surface area contributed by atoms with Gasteiger partial charge in [0.1, 0.15) is 0 Å². The average molecular weight is 375 g/mol. The van der Waals surface area contributed by atoms with Gasteiger partial charge in [-0.15, -0.1) is 0 Å². The summed E-state index contributed by atoms with van der Waals surface area (Å²) < 4.78 is 1.16. The van der Waals surface area contributed by atoms with Crippen LogP contribution in [0.4, 0.5) is 5.13 Å². The Balaban J connectivity index is 1.36. The molecule has 26 heavy (non-hydrogen) atoms. The van der Waals surface area contributed by atoms with Crippen molar-refractivity contribution < 1.29 is 9.59 Å². The van der Waals surface area contributed by atoms with Gasteiger partial charge in [0, 0.05) is 38.5 Å². The number of amides is 2. The lowest BCUT2D eigenvalue weighted by Crippen LogP contribution is -2.43. The van der Waals surface area contributed by atoms with Gasteiger partial charge in [0.2, 0.25) is 11.8 Å². The number of aromatic nitrogens is 1. The summed E-state index contributed by atoms with van der Waals surface area (Å²) in [6.07, 6.45) is 2.99. The number of para-hydroxylation sites is 1. The van der Waals surface area contributed by atoms with Crippen molar-refractivity contribution in [2.75, 3.05) is 31.5 Å². The zero-order chi connectivity index (χ0) is 18.4. The van der Waals surface area contributed by atoms with Gasteiger partial charge >= 0.3 is 0 Å². The molecule has 0 spiro atoms. The van der Waals surface area contributed by atoms with Crippen LogP contribution in [0.15, 0.2) is 24.3 Å². The van der Waals surface area contributed by atoms with E-state index in [0.29, 0.717) is 32.6 Å². The minimum atomic E-state index is 0.0168. The van der Waals surface area contributed by atoms with Gasteiger partial charge in [-0.05, 0) is 31.4 Å². The zero-order valence-electron chi connectivity index (χ0n) is 15.2. The molecule has 1 aromatic heterocycles. The summed E-state index contributed by atoms with van der Waals surface area (Å²) in [5.41, 5.74) is 0.994. The van der Waals surface area contributed by atoms with E-state index in [-0.39, 0.29) is 17.7 Å². The van der Waals surface area contributed by atoms with Crippen molar-refractivity contribution >= 4 is 38.5 Å². The maximum Gasteiger partial charge on any atom is 0.223 e. The lowest BCUT2D eigenvalue weighted by Gasteiger charge is -2.31. The highest BCUT2D eigenvalue weighted by atomic mass is 32.1. The van der Waals surface area contributed by atoms with Crippen LogP contribution < -0.4 is 10.6 Å². The summed E-state index contributed by atoms with van der Waals surface area (Å²) in [5.74, 6) is 0.327. The van der Waals surface area contributed by atoms with E-state index >= 15 is 0 Å². The van der Waals surface area contributed by atoms with Crippen LogP contribution in [0.3, 0.4) is 0 Å². The SMILES string of the molecule is CCCC(=O)N1CCC(C(=O)NCCNc2nc3ccccc3s2)CC1. The second-order valence-electron chi connectivity index (χ2n) is 6.61. The van der Waals surface area contributed by atoms with Crippen LogP contribution in [-0.4, -0.2) is 47.9 Å². The van der Waals surface area contributed by atoms with Crippen molar-refractivity contribution in [3.63, 3.8) is 0 Å². The molecule has 140 valence electrons. The Morgan fingerprint density at radius 1 is 1.23 bits per heavy atom. The predicted octanol–water partition coefficient (Wildman–Crippen LogP) is 2.86. The zero-order valence-corrected chi connectivity index (χ0v) is 16.0. The molecule has 2 aromatic rings. The highest BCUT2D eigenvalue weighted by Gasteiger charge is 2.26. The second-order valence-corrected chi connectivity index (χ2v) is 7.64. The predicted molar refractivity (Wildman–Crippen MR) is 105 cm³/mol. The fraction of sp³-hybridized carbons (Fsp3) is 0.526. The molecule has 1 aliphatic heterocycles. The first-order valence-corrected chi connectivity index (χ1v) is 10.1. The van der Waals surface area contributed by atoms with E-state index in [1.165, 1.54) is 0 Å². The quantitative estimate of drug-likeness (QED) is 0.731. The van der Waals surface area contributed by atoms with Gasteiger partial charge in [0.15, 0.2) is 5.13 Å². The van der Waals surface area contributed by atoms with Crippen LogP contribution in [0, 0.1) is 5.92 Å². The Morgan fingerprint density at radius 2 is 2.00 bits per heavy atom. The number of nitrogens with one attached hydrogen (secondary N) is 2. The third-order valence-corrected chi connectivity index (χ3v) is 5.67. The Hall–Kier alpha value is -2.15. The van der Waals surface area contributed by atoms with Gasteiger partial charge in [-0.25, -0.2) is 4.98 Å². The van der Waals surface area contributed by atoms with Crippen molar-refractivity contribution in [2.24, 2.45) is 5.92 Å². The molecule has 2 N–H and O–H groups in total. The number of benzene rings is 1. The molecule has 1 fully saturated rings. The van der Waals surface area contributed by atoms with Gasteiger partial charge in [-0.3, -0.25) is 9.59 Å². The molecule has 0 aliphatic carbocycles. The number of carbonyl (C=O) groups is 2. The molecule has 2 amide bonds. The number of nitrogens with zero attached hydrogens (tertiary/aromatic N) is 2. The molecule has 3 rings (SSSR count). The third kappa shape index (κ3) is 4.72. The first kappa shape index (κ1) is 18.6. The number of piperidine rings is 1. The number of fused-ring (bicyclic) bond motifs is 1. The van der Waals surface area contributed by atoms with Crippen molar-refractivity contribution in [1.29, 1.82) is 0 Å². The molecule has 0 radical (unpaired) electrons. The molecule has 7 heteroatoms. The number of hydrogen-bond acceptors (Lipinski definition) is 5. The van der Waals surface area contributed by atoms with Crippen LogP contribution in [0.25, 0.3) is 10.2 Å². The van der Waals surface area contributed by atoms with Crippen LogP contribution in [-0.2, 0) is 9.59 Å². The van der Waals surface area contributed by atoms with E-state index in [4.69, 9.17) is 0 Å². The van der Waals surface area contributed by atoms with E-state index in [2.05, 4.69) is 21.7 Å². The van der Waals surface area contributed by atoms with Crippen molar-refractivity contribution in [1.82, 2.24) is 15.2 Å². The summed E-state index contributed by atoms with van der Waals surface area (Å²) >= 11 is 1.62. The lowest BCUT2D eigenvalue weighted by atomic mass is 9.95. The summed E-state index contributed by atoms with van der Waals surface area (Å²) in [6.45, 7) is 4.63. The molecular formula is C19H26N4O2S. The minimum Gasteiger partial charge on any atom is -0.360 e. The Kier molecular flexibility index (Phi) is 6.44. The van der Waals surface area contributed by atoms with Gasteiger partial charge in [-0.1, -0.05) is 30.4 Å². The van der Waals surface area contributed by atoms with Crippen LogP contribution >= 0.6 is 11.3 Å². The van der Waals surface area contributed by atoms with Gasteiger partial charge < -0.3 is 15.5 Å². The van der Waals surface area contributed by atoms with E-state index in [1.54, 1.807) is 11.3 Å². The van der Waals surface area contributed by atoms with Crippen molar-refractivity contribution in [3.05, 3.63) is 24.3 Å². The molecule has 1 aromatic carbocycles. The largest absolute Gasteiger partial charge is 0.360 e. The van der Waals surface area contributed by atoms with E-state index in [1.807, 2.05) is 30.0 Å². The standard InChI is InChI=1S/C19H26N4O2S/c1-2-5-17(24)23-12-8-14(9-13-23)18(25)20-10-11-21-19-22-15-6-3-4-7-16(15)26-19/h3-4,6-7,14H,2,5,8-13H2,1H3,(H,20,25)(H,21,22). The first-order valence-electron chi connectivity index (χ1n) is 9.32. The normalized spacial score (nSPS) is 15.2. The Morgan fingerprint density at radius 3 is 2.73 bits per heavy atom. The molecule has 0 unspecified atom stereocenters. The smallest absolute Gasteiger partial charge is 0.223 e. The molecule has 0 saturated carbocycles. The molecule has 1 aliphatic rings. The molecule has 0 atom stereocenters. The number of anilines is 1. The average Bonchev–Trinajstić information content (AvgIpc) is 3.08. The van der Waals surface area contributed by atoms with Gasteiger partial charge in [0.25, 0.3) is 0 Å². The Labute approximate surface area is 158 Å². The topological polar surface area (TPSA) is 74.3 Å². The Bertz CT molecular complexity index is 720. The number of likely N-dealkylation sites (tertiary alicyclic amines) is 1. The highest BCUT2D eigenvalue weighted by Crippen LogP contribution is 2.25. The van der Waals surface area contributed by atoms with Crippen molar-refractivity contribution in [2.45, 2.75) is 32.6 Å². The second kappa shape index (κ2) is 8.98. The van der Waals surface area contributed by atoms with Gasteiger partial charge in [-0.2, -0.15) is 0 Å². The minimum absolute atomic E-state index is 0.0168. The fourth-order valence-corrected chi connectivity index (χ4v) is 4.10. The molecular weight excluding hydrogens is 348 g/mol. The highest BCUT2D eigenvalue weighted by molar-refractivity contribution is 7.22. The van der Waals surface area contributed by atoms with Crippen molar-refractivity contribution in [3.8, 4) is 0 Å². The monoisotopic (exact) mass is 374 g/mol. The third-order valence-electron chi connectivity index (χ3n) is 4.68. The number of carbonyl (C=O) groups excluding carboxylic acids is 2. The lowest BCUT2D eigenvalue weighted by molar-refractivity contribution is -0.135. The maximum atomic E-state index is 12.3. The number of hydrogen-bond donors (Lipinski definition) is 2. The molecule has 6 nitrogen and oxygen atoms in total. The number of rotatable bonds is 7. The number of thiazole rings is 1. The molecule has 0 bridgehead atoms. The summed E-state index contributed by atoms with van der Waals surface area (Å²) in [4.78, 5) is 30.6. The summed E-state index contributed by atoms with van der Waals surface area (Å²) in [6, 6.07) is 8.03. The van der Waals surface area contributed by atoms with E-state index in [0.717, 1.165) is 34.6 Å². The van der Waals surface area contributed by atoms with Crippen LogP contribution in [0.1, 0.15) is 32.6 Å². The maximum absolute atomic E-state index is 12.3. The van der Waals surface area contributed by atoms with Crippen LogP contribution in [0.5, 0.6) is 0 Å². The fourth-order valence-electron chi connectivity index (χ4n) is 3.21. The van der Waals surface area contributed by atoms with E-state index in [9.17, 15) is 9.59 Å². The summed E-state index contributed by atoms with van der Waals surface area (Å²) in [7, 11) is 0. The van der Waals surface area contributed by atoms with E-state index < -0.39 is 0 Å². The van der Waals surface area contributed by atoms with Crippen LogP contribution in [0.2, 0.25) is 0 Å². The summed E-state index contributed by atoms with van der Waals surface area (Å²) in [5, 5.41) is 7.14. The van der Waals surface area contributed by atoms with Gasteiger partial charge in [0.05, 0.1) is 10.2 Å².